The van der Waals surface area contributed by atoms with Crippen LogP contribution < -0.4 is 10.6 Å². The van der Waals surface area contributed by atoms with Gasteiger partial charge in [-0.2, -0.15) is 0 Å². The van der Waals surface area contributed by atoms with Gasteiger partial charge in [-0.3, -0.25) is 4.79 Å². The van der Waals surface area contributed by atoms with E-state index < -0.39 is 0 Å². The molecule has 1 aromatic carbocycles. The second kappa shape index (κ2) is 8.53. The van der Waals surface area contributed by atoms with Crippen molar-refractivity contribution in [1.82, 2.24) is 15.5 Å². The van der Waals surface area contributed by atoms with Gasteiger partial charge in [0.05, 0.1) is 12.6 Å². The molecule has 3 amide bonds. The van der Waals surface area contributed by atoms with Crippen molar-refractivity contribution in [2.75, 3.05) is 19.7 Å². The number of hydrogen-bond acceptors (Lipinski definition) is 3. The minimum absolute atomic E-state index is 0.0710. The van der Waals surface area contributed by atoms with E-state index in [2.05, 4.69) is 10.6 Å². The average molecular weight is 319 g/mol. The molecular weight excluding hydrogens is 294 g/mol. The Labute approximate surface area is 136 Å². The van der Waals surface area contributed by atoms with Gasteiger partial charge in [0.25, 0.3) is 0 Å². The predicted molar refractivity (Wildman–Crippen MR) is 88.0 cm³/mol. The van der Waals surface area contributed by atoms with Crippen molar-refractivity contribution in [3.8, 4) is 0 Å². The highest BCUT2D eigenvalue weighted by Crippen LogP contribution is 2.10. The zero-order valence-corrected chi connectivity index (χ0v) is 13.5. The van der Waals surface area contributed by atoms with Gasteiger partial charge in [-0.25, -0.2) is 4.79 Å². The Bertz CT molecular complexity index is 513. The maximum Gasteiger partial charge on any atom is 0.315 e. The van der Waals surface area contributed by atoms with Crippen LogP contribution in [0, 0.1) is 0 Å². The molecule has 0 saturated carbocycles. The molecule has 1 aromatic rings. The topological polar surface area (TPSA) is 81.7 Å². The molecule has 0 spiro atoms. The van der Waals surface area contributed by atoms with Crippen LogP contribution >= 0.6 is 0 Å². The molecule has 0 unspecified atom stereocenters. The zero-order chi connectivity index (χ0) is 16.7. The van der Waals surface area contributed by atoms with Crippen molar-refractivity contribution in [3.05, 3.63) is 35.9 Å². The highest BCUT2D eigenvalue weighted by Gasteiger charge is 2.22. The van der Waals surface area contributed by atoms with E-state index in [4.69, 9.17) is 0 Å². The quantitative estimate of drug-likeness (QED) is 0.754. The zero-order valence-electron chi connectivity index (χ0n) is 13.5. The van der Waals surface area contributed by atoms with E-state index in [-0.39, 0.29) is 30.6 Å². The minimum atomic E-state index is -0.310. The summed E-state index contributed by atoms with van der Waals surface area (Å²) < 4.78 is 0. The number of carbonyl (C=O) groups excluding carboxylic acids is 2. The number of aliphatic hydroxyl groups excluding tert-OH is 1. The fraction of sp³-hybridized carbons (Fsp3) is 0.529. The lowest BCUT2D eigenvalue weighted by Gasteiger charge is -2.32. The molecule has 1 atom stereocenters. The van der Waals surface area contributed by atoms with Gasteiger partial charge < -0.3 is 20.6 Å². The molecule has 0 bridgehead atoms. The van der Waals surface area contributed by atoms with Crippen LogP contribution in [0.25, 0.3) is 0 Å². The summed E-state index contributed by atoms with van der Waals surface area (Å²) in [6.07, 6.45) is 2.11. The first-order valence-electron chi connectivity index (χ1n) is 8.06. The van der Waals surface area contributed by atoms with Gasteiger partial charge in [0, 0.05) is 26.1 Å². The summed E-state index contributed by atoms with van der Waals surface area (Å²) in [6, 6.07) is 9.25. The second-order valence-corrected chi connectivity index (χ2v) is 5.97. The molecular formula is C17H25N3O3. The third-order valence-corrected chi connectivity index (χ3v) is 4.16. The Hall–Kier alpha value is -2.08. The van der Waals surface area contributed by atoms with Crippen molar-refractivity contribution in [2.45, 2.75) is 38.3 Å². The van der Waals surface area contributed by atoms with E-state index in [0.717, 1.165) is 18.4 Å². The van der Waals surface area contributed by atoms with Gasteiger partial charge in [0.15, 0.2) is 0 Å². The summed E-state index contributed by atoms with van der Waals surface area (Å²) in [6.45, 7) is 2.81. The fourth-order valence-electron chi connectivity index (χ4n) is 2.81. The number of benzene rings is 1. The molecule has 1 aliphatic heterocycles. The Morgan fingerprint density at radius 3 is 2.48 bits per heavy atom. The van der Waals surface area contributed by atoms with Crippen molar-refractivity contribution in [3.63, 3.8) is 0 Å². The van der Waals surface area contributed by atoms with Crippen molar-refractivity contribution < 1.29 is 14.7 Å². The smallest absolute Gasteiger partial charge is 0.315 e. The van der Waals surface area contributed by atoms with Gasteiger partial charge in [0.2, 0.25) is 5.91 Å². The Kier molecular flexibility index (Phi) is 6.40. The molecule has 6 nitrogen and oxygen atoms in total. The highest BCUT2D eigenvalue weighted by atomic mass is 16.3. The van der Waals surface area contributed by atoms with Crippen LogP contribution in [-0.4, -0.2) is 53.7 Å². The molecule has 1 aliphatic rings. The first kappa shape index (κ1) is 17.3. The van der Waals surface area contributed by atoms with Crippen LogP contribution in [-0.2, 0) is 11.2 Å². The maximum atomic E-state index is 12.1. The lowest BCUT2D eigenvalue weighted by atomic mass is 10.0. The summed E-state index contributed by atoms with van der Waals surface area (Å²) >= 11 is 0. The van der Waals surface area contributed by atoms with Crippen molar-refractivity contribution in [1.29, 1.82) is 0 Å². The fourth-order valence-corrected chi connectivity index (χ4v) is 2.81. The number of piperidine rings is 1. The van der Waals surface area contributed by atoms with Crippen molar-refractivity contribution >= 4 is 11.9 Å². The molecule has 0 aromatic heterocycles. The lowest BCUT2D eigenvalue weighted by Crippen LogP contribution is -2.51. The number of nitrogens with zero attached hydrogens (tertiary/aromatic N) is 1. The molecule has 0 aliphatic carbocycles. The van der Waals surface area contributed by atoms with Crippen LogP contribution in [0.5, 0.6) is 0 Å². The molecule has 1 fully saturated rings. The Morgan fingerprint density at radius 2 is 1.91 bits per heavy atom. The maximum absolute atomic E-state index is 12.1. The second-order valence-electron chi connectivity index (χ2n) is 5.97. The van der Waals surface area contributed by atoms with E-state index >= 15 is 0 Å². The normalized spacial score (nSPS) is 16.7. The van der Waals surface area contributed by atoms with Crippen molar-refractivity contribution in [2.24, 2.45) is 0 Å². The van der Waals surface area contributed by atoms with Crippen LogP contribution in [0.1, 0.15) is 25.3 Å². The number of rotatable bonds is 5. The van der Waals surface area contributed by atoms with E-state index in [9.17, 15) is 14.7 Å². The van der Waals surface area contributed by atoms with Gasteiger partial charge >= 0.3 is 6.03 Å². The standard InChI is InChI=1S/C17H25N3O3/c1-13(22)20-9-7-15(8-10-20)18-17(23)19-16(12-21)11-14-5-3-2-4-6-14/h2-6,15-16,21H,7-12H2,1H3,(H2,18,19,23)/t16-/m0/s1. The average Bonchev–Trinajstić information content (AvgIpc) is 2.55. The van der Waals surface area contributed by atoms with Crippen LogP contribution in [0.2, 0.25) is 0 Å². The van der Waals surface area contributed by atoms with E-state index in [0.29, 0.717) is 19.5 Å². The Morgan fingerprint density at radius 1 is 1.26 bits per heavy atom. The molecule has 1 saturated heterocycles. The number of hydrogen-bond donors (Lipinski definition) is 3. The first-order chi connectivity index (χ1) is 11.1. The monoisotopic (exact) mass is 319 g/mol. The predicted octanol–water partition coefficient (Wildman–Crippen LogP) is 0.900. The van der Waals surface area contributed by atoms with Gasteiger partial charge in [-0.15, -0.1) is 0 Å². The van der Waals surface area contributed by atoms with Crippen LogP contribution in [0.3, 0.4) is 0 Å². The molecule has 2 rings (SSSR count). The molecule has 3 N–H and O–H groups in total. The number of amides is 3. The Balaban J connectivity index is 1.76. The number of carbonyl (C=O) groups is 2. The number of aliphatic hydroxyl groups is 1. The highest BCUT2D eigenvalue weighted by molar-refractivity contribution is 5.75. The number of urea groups is 1. The molecule has 1 heterocycles. The summed E-state index contributed by atoms with van der Waals surface area (Å²) in [7, 11) is 0. The third kappa shape index (κ3) is 5.56. The largest absolute Gasteiger partial charge is 0.394 e. The summed E-state index contributed by atoms with van der Waals surface area (Å²) in [4.78, 5) is 25.2. The lowest BCUT2D eigenvalue weighted by molar-refractivity contribution is -0.129. The van der Waals surface area contributed by atoms with Crippen LogP contribution in [0.15, 0.2) is 30.3 Å². The summed E-state index contributed by atoms with van der Waals surface area (Å²) in [5.41, 5.74) is 1.07. The minimum Gasteiger partial charge on any atom is -0.394 e. The molecule has 126 valence electrons. The van der Waals surface area contributed by atoms with Gasteiger partial charge in [0.1, 0.15) is 0 Å². The molecule has 6 heteroatoms. The van der Waals surface area contributed by atoms with Gasteiger partial charge in [-0.1, -0.05) is 30.3 Å². The van der Waals surface area contributed by atoms with E-state index in [1.54, 1.807) is 11.8 Å². The first-order valence-corrected chi connectivity index (χ1v) is 8.06. The van der Waals surface area contributed by atoms with E-state index in [1.807, 2.05) is 30.3 Å². The van der Waals surface area contributed by atoms with Crippen LogP contribution in [0.4, 0.5) is 4.79 Å². The third-order valence-electron chi connectivity index (χ3n) is 4.16. The van der Waals surface area contributed by atoms with Gasteiger partial charge in [-0.05, 0) is 24.8 Å². The summed E-state index contributed by atoms with van der Waals surface area (Å²) in [5.74, 6) is 0.0797. The van der Waals surface area contributed by atoms with E-state index in [1.165, 1.54) is 0 Å². The SMILES string of the molecule is CC(=O)N1CCC(NC(=O)N[C@H](CO)Cc2ccccc2)CC1. The molecule has 0 radical (unpaired) electrons. The molecule has 23 heavy (non-hydrogen) atoms. The summed E-state index contributed by atoms with van der Waals surface area (Å²) in [5, 5.41) is 15.2. The number of likely N-dealkylation sites (tertiary alicyclic amines) is 1. The number of nitrogens with one attached hydrogen (secondary N) is 2.